The van der Waals surface area contributed by atoms with Crippen LogP contribution in [0.15, 0.2) is 0 Å². The quantitative estimate of drug-likeness (QED) is 0.0572. The van der Waals surface area contributed by atoms with Crippen molar-refractivity contribution in [2.75, 3.05) is 46.3 Å². The van der Waals surface area contributed by atoms with E-state index in [1.54, 1.807) is 0 Å². The van der Waals surface area contributed by atoms with Crippen molar-refractivity contribution < 1.29 is 9.59 Å². The van der Waals surface area contributed by atoms with Crippen LogP contribution in [0, 0.1) is 0 Å². The molecule has 0 atom stereocenters. The molecule has 0 bridgehead atoms. The van der Waals surface area contributed by atoms with Crippen molar-refractivity contribution >= 4 is 11.8 Å². The minimum absolute atomic E-state index is 0.428. The van der Waals surface area contributed by atoms with Gasteiger partial charge >= 0.3 is 0 Å². The second kappa shape index (κ2) is 50.9. The maximum absolute atomic E-state index is 13.2. The van der Waals surface area contributed by atoms with Crippen LogP contribution in [0.4, 0.5) is 0 Å². The molecular weight excluding hydrogens is 759 g/mol. The Morgan fingerprint density at radius 3 is 0.645 bits per heavy atom. The van der Waals surface area contributed by atoms with Crippen LogP contribution in [-0.4, -0.2) is 72.8 Å². The average molecular weight is 875 g/mol. The summed E-state index contributed by atoms with van der Waals surface area (Å²) in [6.45, 7) is 15.5. The van der Waals surface area contributed by atoms with Gasteiger partial charge in [-0.25, -0.2) is 0 Å². The fraction of sp³-hybridized carbons (Fsp3) is 0.965. The largest absolute Gasteiger partial charge is 0.343 e. The maximum Gasteiger partial charge on any atom is 0.222 e. The lowest BCUT2D eigenvalue weighted by Crippen LogP contribution is -2.32. The first kappa shape index (κ1) is 60.9. The van der Waals surface area contributed by atoms with Gasteiger partial charge in [-0.05, 0) is 71.5 Å². The number of hydrogen-bond donors (Lipinski definition) is 0. The van der Waals surface area contributed by atoms with Gasteiger partial charge in [0.15, 0.2) is 0 Å². The molecule has 0 heterocycles. The van der Waals surface area contributed by atoms with Crippen molar-refractivity contribution in [3.05, 3.63) is 0 Å². The lowest BCUT2D eigenvalue weighted by Gasteiger charge is -2.23. The van der Waals surface area contributed by atoms with E-state index in [0.29, 0.717) is 11.8 Å². The summed E-state index contributed by atoms with van der Waals surface area (Å²) >= 11 is 0. The molecule has 0 fully saturated rings. The summed E-state index contributed by atoms with van der Waals surface area (Å²) in [5, 5.41) is 0. The molecule has 0 saturated carbocycles. The first-order chi connectivity index (χ1) is 30.5. The number of amides is 2. The first-order valence-electron chi connectivity index (χ1n) is 28.7. The number of carbonyl (C=O) groups excluding carboxylic acids is 2. The van der Waals surface area contributed by atoms with Gasteiger partial charge in [-0.2, -0.15) is 0 Å². The summed E-state index contributed by atoms with van der Waals surface area (Å²) in [6.07, 6.45) is 56.2. The van der Waals surface area contributed by atoms with Crippen LogP contribution in [0.25, 0.3) is 0 Å². The van der Waals surface area contributed by atoms with Gasteiger partial charge in [0, 0.05) is 39.0 Å². The fourth-order valence-electron chi connectivity index (χ4n) is 9.27. The van der Waals surface area contributed by atoms with E-state index in [-0.39, 0.29) is 0 Å². The van der Waals surface area contributed by atoms with E-state index in [9.17, 15) is 9.59 Å². The third kappa shape index (κ3) is 44.1. The topological polar surface area (TPSA) is 43.9 Å². The Hall–Kier alpha value is -1.10. The van der Waals surface area contributed by atoms with Crippen LogP contribution in [0.2, 0.25) is 0 Å². The van der Waals surface area contributed by atoms with Gasteiger partial charge in [0.05, 0.1) is 0 Å². The van der Waals surface area contributed by atoms with Crippen LogP contribution < -0.4 is 0 Å². The van der Waals surface area contributed by atoms with Crippen LogP contribution in [-0.2, 0) is 9.59 Å². The Bertz CT molecular complexity index is 825. The van der Waals surface area contributed by atoms with E-state index in [4.69, 9.17) is 0 Å². The second-order valence-electron chi connectivity index (χ2n) is 20.0. The molecule has 0 aromatic carbocycles. The van der Waals surface area contributed by atoms with Crippen molar-refractivity contribution in [1.29, 1.82) is 0 Å². The van der Waals surface area contributed by atoms with Crippen LogP contribution in [0.3, 0.4) is 0 Å². The lowest BCUT2D eigenvalue weighted by atomic mass is 10.1. The summed E-state index contributed by atoms with van der Waals surface area (Å²) in [4.78, 5) is 33.5. The van der Waals surface area contributed by atoms with E-state index < -0.39 is 0 Å². The molecule has 0 rings (SSSR count). The van der Waals surface area contributed by atoms with Crippen molar-refractivity contribution in [2.45, 2.75) is 310 Å². The Kier molecular flexibility index (Phi) is 50.0. The molecule has 0 aliphatic heterocycles. The molecule has 0 unspecified atom stereocenters. The van der Waals surface area contributed by atoms with E-state index >= 15 is 0 Å². The normalized spacial score (nSPS) is 11.6. The summed E-state index contributed by atoms with van der Waals surface area (Å²) in [7, 11) is 2.31. The molecular formula is C57H115N3O2. The second-order valence-corrected chi connectivity index (χ2v) is 20.0. The third-order valence-electron chi connectivity index (χ3n) is 13.7. The van der Waals surface area contributed by atoms with Crippen molar-refractivity contribution in [1.82, 2.24) is 14.7 Å². The third-order valence-corrected chi connectivity index (χ3v) is 13.7. The summed E-state index contributed by atoms with van der Waals surface area (Å²) in [5.74, 6) is 0.857. The Morgan fingerprint density at radius 2 is 0.419 bits per heavy atom. The molecule has 370 valence electrons. The van der Waals surface area contributed by atoms with Crippen LogP contribution in [0.5, 0.6) is 0 Å². The van der Waals surface area contributed by atoms with E-state index in [0.717, 1.165) is 51.9 Å². The lowest BCUT2D eigenvalue weighted by molar-refractivity contribution is -0.132. The SMILES string of the molecule is CCCCCCCCCCN(CCCCCCCCN(C)CCCCCCCCN(CCCCCCCCCC)C(=O)CCCCCCCCC)C(=O)CCCCCCCCC. The highest BCUT2D eigenvalue weighted by Gasteiger charge is 2.14. The number of carbonyl (C=O) groups is 2. The van der Waals surface area contributed by atoms with Gasteiger partial charge in [-0.15, -0.1) is 0 Å². The predicted octanol–water partition coefficient (Wildman–Crippen LogP) is 17.8. The number of rotatable bonds is 52. The van der Waals surface area contributed by atoms with Crippen molar-refractivity contribution in [3.63, 3.8) is 0 Å². The Balaban J connectivity index is 4.19. The summed E-state index contributed by atoms with van der Waals surface area (Å²) in [6, 6.07) is 0. The highest BCUT2D eigenvalue weighted by Crippen LogP contribution is 2.16. The number of unbranched alkanes of at least 4 members (excludes halogenated alkanes) is 36. The minimum atomic E-state index is 0.428. The molecule has 0 aromatic rings. The molecule has 0 aliphatic rings. The van der Waals surface area contributed by atoms with Gasteiger partial charge in [0.25, 0.3) is 0 Å². The van der Waals surface area contributed by atoms with Gasteiger partial charge in [-0.1, -0.05) is 246 Å². The monoisotopic (exact) mass is 874 g/mol. The zero-order valence-corrected chi connectivity index (χ0v) is 43.5. The first-order valence-corrected chi connectivity index (χ1v) is 28.7. The van der Waals surface area contributed by atoms with Crippen molar-refractivity contribution in [2.24, 2.45) is 0 Å². The molecule has 5 heteroatoms. The molecule has 0 spiro atoms. The molecule has 2 amide bonds. The fourth-order valence-corrected chi connectivity index (χ4v) is 9.27. The smallest absolute Gasteiger partial charge is 0.222 e. The number of nitrogens with zero attached hydrogens (tertiary/aromatic N) is 3. The highest BCUT2D eigenvalue weighted by molar-refractivity contribution is 5.76. The van der Waals surface area contributed by atoms with Gasteiger partial charge in [0.1, 0.15) is 0 Å². The van der Waals surface area contributed by atoms with Crippen LogP contribution in [0.1, 0.15) is 310 Å². The Morgan fingerprint density at radius 1 is 0.242 bits per heavy atom. The van der Waals surface area contributed by atoms with Gasteiger partial charge < -0.3 is 14.7 Å². The minimum Gasteiger partial charge on any atom is -0.343 e. The zero-order valence-electron chi connectivity index (χ0n) is 43.5. The summed E-state index contributed by atoms with van der Waals surface area (Å²) < 4.78 is 0. The molecule has 0 N–H and O–H groups in total. The van der Waals surface area contributed by atoms with E-state index in [1.807, 2.05) is 0 Å². The van der Waals surface area contributed by atoms with Gasteiger partial charge in [-0.3, -0.25) is 9.59 Å². The average Bonchev–Trinajstić information content (AvgIpc) is 3.27. The van der Waals surface area contributed by atoms with E-state index in [1.165, 1.54) is 270 Å². The molecule has 0 saturated heterocycles. The van der Waals surface area contributed by atoms with Crippen LogP contribution >= 0.6 is 0 Å². The van der Waals surface area contributed by atoms with Gasteiger partial charge in [0.2, 0.25) is 11.8 Å². The molecule has 62 heavy (non-hydrogen) atoms. The zero-order chi connectivity index (χ0) is 45.2. The Labute approximate surface area is 391 Å². The molecule has 5 nitrogen and oxygen atoms in total. The highest BCUT2D eigenvalue weighted by atomic mass is 16.2. The predicted molar refractivity (Wildman–Crippen MR) is 277 cm³/mol. The molecule has 0 radical (unpaired) electrons. The van der Waals surface area contributed by atoms with Crippen molar-refractivity contribution in [3.8, 4) is 0 Å². The number of hydrogen-bond acceptors (Lipinski definition) is 3. The molecule has 0 aromatic heterocycles. The van der Waals surface area contributed by atoms with E-state index in [2.05, 4.69) is 49.4 Å². The maximum atomic E-state index is 13.2. The standard InChI is InChI=1S/C57H115N3O2/c1-6-10-14-18-22-26-36-44-52-59(56(61)48-40-32-24-20-16-12-8-3)54-46-38-30-28-34-42-50-58(5)51-43-35-29-31-39-47-55-60(53-45-37-27-23-19-15-11-7-2)57(62)49-41-33-25-21-17-13-9-4/h6-55H2,1-5H3. The molecule has 0 aliphatic carbocycles. The summed E-state index contributed by atoms with van der Waals surface area (Å²) in [5.41, 5.74) is 0.